The van der Waals surface area contributed by atoms with E-state index in [2.05, 4.69) is 33.6 Å². The Hall–Kier alpha value is -1.84. The Balaban J connectivity index is 1.94. The molecular formula is C17H24N4. The minimum atomic E-state index is 0.510. The van der Waals surface area contributed by atoms with Crippen LogP contribution < -0.4 is 10.6 Å². The fourth-order valence-electron chi connectivity index (χ4n) is 3.18. The predicted octanol–water partition coefficient (Wildman–Crippen LogP) is 4.05. The van der Waals surface area contributed by atoms with Crippen LogP contribution in [0.4, 0.5) is 11.8 Å². The zero-order valence-electron chi connectivity index (χ0n) is 12.9. The Kier molecular flexibility index (Phi) is 4.23. The fraction of sp³-hybridized carbons (Fsp3) is 0.529. The number of benzene rings is 1. The number of para-hydroxylation sites is 1. The summed E-state index contributed by atoms with van der Waals surface area (Å²) in [4.78, 5) is 9.17. The van der Waals surface area contributed by atoms with Gasteiger partial charge in [-0.05, 0) is 30.9 Å². The number of aromatic nitrogens is 2. The lowest BCUT2D eigenvalue weighted by Gasteiger charge is -2.24. The summed E-state index contributed by atoms with van der Waals surface area (Å²) in [5, 5.41) is 7.86. The normalized spacial score (nSPS) is 22.8. The maximum Gasteiger partial charge on any atom is 0.224 e. The van der Waals surface area contributed by atoms with E-state index >= 15 is 0 Å². The topological polar surface area (TPSA) is 49.8 Å². The largest absolute Gasteiger partial charge is 0.366 e. The van der Waals surface area contributed by atoms with Gasteiger partial charge in [0.25, 0.3) is 0 Å². The molecule has 2 atom stereocenters. The third-order valence-electron chi connectivity index (χ3n) is 4.51. The average Bonchev–Trinajstić information content (AvgIpc) is 2.72. The molecule has 0 amide bonds. The number of nitrogens with zero attached hydrogens (tertiary/aromatic N) is 2. The Morgan fingerprint density at radius 1 is 1.05 bits per heavy atom. The van der Waals surface area contributed by atoms with E-state index in [-0.39, 0.29) is 0 Å². The van der Waals surface area contributed by atoms with Crippen molar-refractivity contribution in [3.63, 3.8) is 0 Å². The van der Waals surface area contributed by atoms with Crippen LogP contribution in [-0.2, 0) is 0 Å². The second-order valence-corrected chi connectivity index (χ2v) is 6.03. The van der Waals surface area contributed by atoms with Gasteiger partial charge in [-0.3, -0.25) is 0 Å². The molecule has 1 aromatic heterocycles. The molecule has 1 fully saturated rings. The number of hydrogen-bond donors (Lipinski definition) is 2. The van der Waals surface area contributed by atoms with Crippen LogP contribution in [0.2, 0.25) is 0 Å². The molecule has 0 spiro atoms. The van der Waals surface area contributed by atoms with Crippen molar-refractivity contribution < 1.29 is 0 Å². The van der Waals surface area contributed by atoms with Crippen LogP contribution in [0, 0.1) is 5.92 Å². The zero-order valence-corrected chi connectivity index (χ0v) is 12.9. The van der Waals surface area contributed by atoms with Crippen LogP contribution in [0.3, 0.4) is 0 Å². The first-order valence-electron chi connectivity index (χ1n) is 7.99. The first-order chi connectivity index (χ1) is 10.3. The van der Waals surface area contributed by atoms with Gasteiger partial charge >= 0.3 is 0 Å². The van der Waals surface area contributed by atoms with Gasteiger partial charge in [0.1, 0.15) is 5.82 Å². The first kappa shape index (κ1) is 14.1. The van der Waals surface area contributed by atoms with Gasteiger partial charge in [-0.15, -0.1) is 0 Å². The number of nitrogens with one attached hydrogen (secondary N) is 2. The highest BCUT2D eigenvalue weighted by Gasteiger charge is 2.21. The molecule has 1 heterocycles. The summed E-state index contributed by atoms with van der Waals surface area (Å²) >= 11 is 0. The highest BCUT2D eigenvalue weighted by atomic mass is 15.1. The monoisotopic (exact) mass is 284 g/mol. The SMILES string of the molecule is CNc1nc(NC2CCCCCC2C)c2ccccc2n1. The summed E-state index contributed by atoms with van der Waals surface area (Å²) in [6, 6.07) is 8.72. The van der Waals surface area contributed by atoms with Crippen molar-refractivity contribution in [1.29, 1.82) is 0 Å². The fourth-order valence-corrected chi connectivity index (χ4v) is 3.18. The van der Waals surface area contributed by atoms with Gasteiger partial charge in [0.15, 0.2) is 0 Å². The lowest BCUT2D eigenvalue weighted by Crippen LogP contribution is -2.27. The van der Waals surface area contributed by atoms with E-state index in [0.29, 0.717) is 17.9 Å². The number of anilines is 2. The van der Waals surface area contributed by atoms with Crippen molar-refractivity contribution in [2.75, 3.05) is 17.7 Å². The minimum Gasteiger partial charge on any atom is -0.366 e. The van der Waals surface area contributed by atoms with Crippen LogP contribution in [0.5, 0.6) is 0 Å². The lowest BCUT2D eigenvalue weighted by molar-refractivity contribution is 0.456. The van der Waals surface area contributed by atoms with Gasteiger partial charge in [0.05, 0.1) is 5.52 Å². The Bertz CT molecular complexity index is 611. The predicted molar refractivity (Wildman–Crippen MR) is 88.7 cm³/mol. The summed E-state index contributed by atoms with van der Waals surface area (Å²) < 4.78 is 0. The molecule has 0 bridgehead atoms. The average molecular weight is 284 g/mol. The van der Waals surface area contributed by atoms with E-state index in [0.717, 1.165) is 16.7 Å². The van der Waals surface area contributed by atoms with Crippen LogP contribution in [0.15, 0.2) is 24.3 Å². The smallest absolute Gasteiger partial charge is 0.224 e. The molecule has 0 saturated heterocycles. The molecule has 4 nitrogen and oxygen atoms in total. The van der Waals surface area contributed by atoms with Crippen molar-refractivity contribution >= 4 is 22.7 Å². The maximum atomic E-state index is 4.65. The van der Waals surface area contributed by atoms with Crippen molar-refractivity contribution in [2.45, 2.75) is 45.1 Å². The molecule has 2 aromatic rings. The molecule has 1 aliphatic rings. The molecule has 1 saturated carbocycles. The molecule has 0 aliphatic heterocycles. The minimum absolute atomic E-state index is 0.510. The molecule has 1 aliphatic carbocycles. The number of hydrogen-bond acceptors (Lipinski definition) is 4. The third kappa shape index (κ3) is 3.09. The standard InChI is InChI=1S/C17H24N4/c1-12-8-4-3-5-10-14(12)19-16-13-9-6-7-11-15(13)20-17(18-2)21-16/h6-7,9,11-12,14H,3-5,8,10H2,1-2H3,(H2,18,19,20,21). The molecule has 2 N–H and O–H groups in total. The van der Waals surface area contributed by atoms with E-state index in [1.165, 1.54) is 32.1 Å². The Morgan fingerprint density at radius 2 is 1.86 bits per heavy atom. The van der Waals surface area contributed by atoms with Crippen LogP contribution in [0.1, 0.15) is 39.0 Å². The van der Waals surface area contributed by atoms with E-state index < -0.39 is 0 Å². The zero-order chi connectivity index (χ0) is 14.7. The van der Waals surface area contributed by atoms with Crippen molar-refractivity contribution in [2.24, 2.45) is 5.92 Å². The van der Waals surface area contributed by atoms with E-state index in [1.807, 2.05) is 25.2 Å². The summed E-state index contributed by atoms with van der Waals surface area (Å²) in [7, 11) is 1.86. The van der Waals surface area contributed by atoms with Crippen LogP contribution in [-0.4, -0.2) is 23.1 Å². The molecule has 1 aromatic carbocycles. The summed E-state index contributed by atoms with van der Waals surface area (Å²) in [5.41, 5.74) is 0.987. The van der Waals surface area contributed by atoms with E-state index in [4.69, 9.17) is 0 Å². The van der Waals surface area contributed by atoms with Crippen LogP contribution >= 0.6 is 0 Å². The van der Waals surface area contributed by atoms with Gasteiger partial charge < -0.3 is 10.6 Å². The first-order valence-corrected chi connectivity index (χ1v) is 7.99. The van der Waals surface area contributed by atoms with Crippen molar-refractivity contribution in [3.8, 4) is 0 Å². The van der Waals surface area contributed by atoms with E-state index in [1.54, 1.807) is 0 Å². The van der Waals surface area contributed by atoms with Gasteiger partial charge in [0, 0.05) is 18.5 Å². The molecule has 112 valence electrons. The molecule has 21 heavy (non-hydrogen) atoms. The van der Waals surface area contributed by atoms with Gasteiger partial charge in [0.2, 0.25) is 5.95 Å². The second kappa shape index (κ2) is 6.29. The Morgan fingerprint density at radius 3 is 2.71 bits per heavy atom. The van der Waals surface area contributed by atoms with Gasteiger partial charge in [-0.2, -0.15) is 4.98 Å². The van der Waals surface area contributed by atoms with Crippen LogP contribution in [0.25, 0.3) is 10.9 Å². The molecule has 0 radical (unpaired) electrons. The summed E-state index contributed by atoms with van der Waals surface area (Å²) in [6.07, 6.45) is 6.55. The highest BCUT2D eigenvalue weighted by molar-refractivity contribution is 5.90. The van der Waals surface area contributed by atoms with Crippen molar-refractivity contribution in [1.82, 2.24) is 9.97 Å². The summed E-state index contributed by atoms with van der Waals surface area (Å²) in [5.74, 6) is 2.33. The lowest BCUT2D eigenvalue weighted by atomic mass is 9.97. The molecule has 3 rings (SSSR count). The van der Waals surface area contributed by atoms with Gasteiger partial charge in [-0.25, -0.2) is 4.98 Å². The number of fused-ring (bicyclic) bond motifs is 1. The molecule has 2 unspecified atom stereocenters. The second-order valence-electron chi connectivity index (χ2n) is 6.03. The summed E-state index contributed by atoms with van der Waals surface area (Å²) in [6.45, 7) is 2.35. The maximum absolute atomic E-state index is 4.65. The number of rotatable bonds is 3. The van der Waals surface area contributed by atoms with E-state index in [9.17, 15) is 0 Å². The highest BCUT2D eigenvalue weighted by Crippen LogP contribution is 2.28. The molecular weight excluding hydrogens is 260 g/mol. The molecule has 4 heteroatoms. The quantitative estimate of drug-likeness (QED) is 0.835. The Labute approximate surface area is 126 Å². The third-order valence-corrected chi connectivity index (χ3v) is 4.51. The van der Waals surface area contributed by atoms with Gasteiger partial charge in [-0.1, -0.05) is 38.3 Å². The van der Waals surface area contributed by atoms with Crippen molar-refractivity contribution in [3.05, 3.63) is 24.3 Å².